The van der Waals surface area contributed by atoms with Gasteiger partial charge in [-0.05, 0) is 94.6 Å². The highest BCUT2D eigenvalue weighted by Gasteiger charge is 2.15. The number of carbonyl (C=O) groups is 1. The summed E-state index contributed by atoms with van der Waals surface area (Å²) in [6.45, 7) is 13.2. The van der Waals surface area contributed by atoms with E-state index < -0.39 is 11.5 Å². The summed E-state index contributed by atoms with van der Waals surface area (Å²) in [4.78, 5) is 25.7. The molecule has 1 aromatic heterocycles. The smallest absolute Gasteiger partial charge is 0.360 e. The second kappa shape index (κ2) is 15.6. The number of aryl methyl sites for hydroxylation is 1. The molecule has 1 heterocycles. The van der Waals surface area contributed by atoms with Gasteiger partial charge >= 0.3 is 5.63 Å². The lowest BCUT2D eigenvalue weighted by atomic mass is 10.0. The average molecular weight is 571 g/mol. The van der Waals surface area contributed by atoms with Crippen LogP contribution in [-0.2, 0) is 6.42 Å². The molecule has 4 rings (SSSR count). The van der Waals surface area contributed by atoms with Gasteiger partial charge in [-0.1, -0.05) is 55.8 Å². The van der Waals surface area contributed by atoms with Crippen molar-refractivity contribution in [2.75, 3.05) is 18.5 Å². The molecule has 4 aromatic rings. The molecule has 0 aliphatic rings. The van der Waals surface area contributed by atoms with Crippen molar-refractivity contribution in [3.05, 3.63) is 111 Å². The third-order valence-corrected chi connectivity index (χ3v) is 6.75. The predicted octanol–water partition coefficient (Wildman–Crippen LogP) is 7.71. The van der Waals surface area contributed by atoms with Crippen molar-refractivity contribution < 1.29 is 19.1 Å². The minimum Gasteiger partial charge on any atom is -0.508 e. The molecule has 1 amide bonds. The second-order valence-corrected chi connectivity index (χ2v) is 10.1. The fourth-order valence-corrected chi connectivity index (χ4v) is 4.38. The molecule has 0 aliphatic carbocycles. The molecule has 0 radical (unpaired) electrons. The third-order valence-electron chi connectivity index (χ3n) is 6.75. The zero-order chi connectivity index (χ0) is 30.6. The van der Waals surface area contributed by atoms with Crippen molar-refractivity contribution in [3.63, 3.8) is 0 Å². The number of phenolic OH excluding ortho intramolecular Hbond substituents is 1. The normalized spacial score (nSPS) is 11.3. The summed E-state index contributed by atoms with van der Waals surface area (Å²) in [5, 5.41) is 17.0. The summed E-state index contributed by atoms with van der Waals surface area (Å²) >= 11 is 0. The molecular weight excluding hydrogens is 528 g/mol. The number of hydrogen-bond donors (Lipinski definition) is 3. The van der Waals surface area contributed by atoms with E-state index >= 15 is 0 Å². The average Bonchev–Trinajstić information content (AvgIpc) is 2.99. The molecule has 1 unspecified atom stereocenters. The van der Waals surface area contributed by atoms with E-state index in [0.717, 1.165) is 24.1 Å². The first kappa shape index (κ1) is 32.2. The Labute approximate surface area is 248 Å². The number of aromatic hydroxyl groups is 1. The van der Waals surface area contributed by atoms with Crippen LogP contribution in [0.4, 0.5) is 5.69 Å². The van der Waals surface area contributed by atoms with Gasteiger partial charge < -0.3 is 24.9 Å². The number of fused-ring (bicyclic) bond motifs is 1. The Hall–Kier alpha value is -4.36. The SMILES string of the molecule is CC.CC(C)=CCc1cc(C(=O)Nc2cc3ccc(OCCCNC(C)c4ccccc4)c(C)c3oc2=O)ccc1O. The molecule has 0 saturated heterocycles. The van der Waals surface area contributed by atoms with Crippen LogP contribution in [0.1, 0.15) is 74.1 Å². The van der Waals surface area contributed by atoms with E-state index in [4.69, 9.17) is 9.15 Å². The maximum Gasteiger partial charge on any atom is 0.360 e. The molecule has 42 heavy (non-hydrogen) atoms. The summed E-state index contributed by atoms with van der Waals surface area (Å²) in [5.74, 6) is 0.305. The maximum absolute atomic E-state index is 12.9. The van der Waals surface area contributed by atoms with Crippen molar-refractivity contribution in [2.45, 2.75) is 60.4 Å². The number of amides is 1. The number of allylic oxidation sites excluding steroid dienone is 2. The molecule has 7 nitrogen and oxygen atoms in total. The number of ether oxygens (including phenoxy) is 1. The van der Waals surface area contributed by atoms with Crippen LogP contribution >= 0.6 is 0 Å². The van der Waals surface area contributed by atoms with Gasteiger partial charge in [-0.3, -0.25) is 4.79 Å². The van der Waals surface area contributed by atoms with Gasteiger partial charge in [0.1, 0.15) is 22.8 Å². The minimum atomic E-state index is -0.649. The Morgan fingerprint density at radius 3 is 2.50 bits per heavy atom. The van der Waals surface area contributed by atoms with Crippen molar-refractivity contribution in [2.24, 2.45) is 0 Å². The Morgan fingerprint density at radius 1 is 1.05 bits per heavy atom. The molecule has 0 aliphatic heterocycles. The minimum absolute atomic E-state index is 0.0445. The molecule has 1 atom stereocenters. The van der Waals surface area contributed by atoms with Crippen LogP contribution < -0.4 is 21.0 Å². The van der Waals surface area contributed by atoms with Gasteiger partial charge in [0, 0.05) is 22.6 Å². The van der Waals surface area contributed by atoms with Crippen molar-refractivity contribution >= 4 is 22.6 Å². The summed E-state index contributed by atoms with van der Waals surface area (Å²) in [7, 11) is 0. The molecule has 0 saturated carbocycles. The van der Waals surface area contributed by atoms with E-state index in [1.165, 1.54) is 17.7 Å². The van der Waals surface area contributed by atoms with E-state index in [1.807, 2.05) is 71.0 Å². The van der Waals surface area contributed by atoms with Crippen LogP contribution in [0.5, 0.6) is 11.5 Å². The quantitative estimate of drug-likeness (QED) is 0.0970. The topological polar surface area (TPSA) is 101 Å². The highest BCUT2D eigenvalue weighted by molar-refractivity contribution is 6.05. The number of anilines is 1. The highest BCUT2D eigenvalue weighted by Crippen LogP contribution is 2.28. The molecule has 0 fully saturated rings. The molecule has 0 spiro atoms. The maximum atomic E-state index is 12.9. The lowest BCUT2D eigenvalue weighted by molar-refractivity contribution is 0.102. The van der Waals surface area contributed by atoms with Crippen LogP contribution in [0.2, 0.25) is 0 Å². The monoisotopic (exact) mass is 570 g/mol. The first-order valence-electron chi connectivity index (χ1n) is 14.5. The summed E-state index contributed by atoms with van der Waals surface area (Å²) < 4.78 is 11.6. The second-order valence-electron chi connectivity index (χ2n) is 10.1. The molecular formula is C35H42N2O5. The van der Waals surface area contributed by atoms with E-state index in [-0.39, 0.29) is 17.5 Å². The van der Waals surface area contributed by atoms with Gasteiger partial charge in [0.2, 0.25) is 0 Å². The van der Waals surface area contributed by atoms with Crippen molar-refractivity contribution in [1.29, 1.82) is 0 Å². The molecule has 3 aromatic carbocycles. The number of benzene rings is 3. The van der Waals surface area contributed by atoms with Crippen LogP contribution in [-0.4, -0.2) is 24.2 Å². The van der Waals surface area contributed by atoms with Crippen LogP contribution in [0.15, 0.2) is 87.6 Å². The summed E-state index contributed by atoms with van der Waals surface area (Å²) in [6.07, 6.45) is 3.29. The van der Waals surface area contributed by atoms with Gasteiger partial charge in [0.05, 0.1) is 6.61 Å². The van der Waals surface area contributed by atoms with Gasteiger partial charge in [0.15, 0.2) is 0 Å². The first-order valence-corrected chi connectivity index (χ1v) is 14.5. The van der Waals surface area contributed by atoms with Crippen molar-refractivity contribution in [3.8, 4) is 11.5 Å². The Morgan fingerprint density at radius 2 is 1.79 bits per heavy atom. The number of phenols is 1. The molecule has 3 N–H and O–H groups in total. The van der Waals surface area contributed by atoms with Crippen molar-refractivity contribution in [1.82, 2.24) is 5.32 Å². The van der Waals surface area contributed by atoms with E-state index in [1.54, 1.807) is 12.1 Å². The summed E-state index contributed by atoms with van der Waals surface area (Å²) in [5.41, 5.74) is 3.85. The molecule has 0 bridgehead atoms. The van der Waals surface area contributed by atoms with Gasteiger partial charge in [-0.15, -0.1) is 0 Å². The van der Waals surface area contributed by atoms with Gasteiger partial charge in [-0.2, -0.15) is 0 Å². The van der Waals surface area contributed by atoms with E-state index in [9.17, 15) is 14.7 Å². The summed E-state index contributed by atoms with van der Waals surface area (Å²) in [6, 6.07) is 20.4. The first-order chi connectivity index (χ1) is 20.2. The van der Waals surface area contributed by atoms with Crippen LogP contribution in [0.25, 0.3) is 11.0 Å². The van der Waals surface area contributed by atoms with E-state index in [0.29, 0.717) is 40.9 Å². The number of carbonyl (C=O) groups excluding carboxylic acids is 1. The number of rotatable bonds is 11. The third kappa shape index (κ3) is 8.57. The zero-order valence-corrected chi connectivity index (χ0v) is 25.4. The predicted molar refractivity (Wildman–Crippen MR) is 171 cm³/mol. The lowest BCUT2D eigenvalue weighted by Crippen LogP contribution is -2.21. The van der Waals surface area contributed by atoms with Crippen LogP contribution in [0, 0.1) is 6.92 Å². The highest BCUT2D eigenvalue weighted by atomic mass is 16.5. The largest absolute Gasteiger partial charge is 0.508 e. The molecule has 222 valence electrons. The molecule has 7 heteroatoms. The fourth-order valence-electron chi connectivity index (χ4n) is 4.38. The standard InChI is InChI=1S/C33H36N2O5.C2H6/c1-21(2)11-12-25-19-27(13-15-29(25)36)32(37)35-28-20-26-14-16-30(22(3)31(26)40-33(28)38)39-18-8-17-34-23(4)24-9-6-5-7-10-24;1-2/h5-7,9-11,13-16,19-20,23,34,36H,8,12,17-18H2,1-4H3,(H,35,37);1-2H3. The zero-order valence-electron chi connectivity index (χ0n) is 25.4. The number of nitrogens with one attached hydrogen (secondary N) is 2. The Kier molecular flexibility index (Phi) is 11.9. The number of hydrogen-bond acceptors (Lipinski definition) is 6. The van der Waals surface area contributed by atoms with Gasteiger partial charge in [-0.25, -0.2) is 4.79 Å². The Balaban J connectivity index is 0.00000237. The lowest BCUT2D eigenvalue weighted by Gasteiger charge is -2.15. The van der Waals surface area contributed by atoms with E-state index in [2.05, 4.69) is 29.7 Å². The fraction of sp³-hybridized carbons (Fsp3) is 0.314. The Bertz CT molecular complexity index is 1570. The van der Waals surface area contributed by atoms with Crippen LogP contribution in [0.3, 0.4) is 0 Å². The van der Waals surface area contributed by atoms with Gasteiger partial charge in [0.25, 0.3) is 5.91 Å².